The van der Waals surface area contributed by atoms with Crippen molar-refractivity contribution in [3.05, 3.63) is 89.0 Å². The molecule has 1 aliphatic rings. The number of aromatic carboxylic acids is 1. The van der Waals surface area contributed by atoms with E-state index in [1.54, 1.807) is 27.4 Å². The summed E-state index contributed by atoms with van der Waals surface area (Å²) in [6, 6.07) is 21.8. The van der Waals surface area contributed by atoms with Gasteiger partial charge < -0.3 is 15.1 Å². The summed E-state index contributed by atoms with van der Waals surface area (Å²) in [7, 11) is 1.81. The van der Waals surface area contributed by atoms with Crippen molar-refractivity contribution in [1.82, 2.24) is 4.31 Å². The van der Waals surface area contributed by atoms with Gasteiger partial charge >= 0.3 is 5.97 Å². The first kappa shape index (κ1) is 27.2. The molecular weight excluding hydrogens is 498 g/mol. The number of hydrogen-bond donors (Lipinski definition) is 2. The maximum absolute atomic E-state index is 13.5. The molecule has 7 nitrogen and oxygen atoms in total. The number of benzene rings is 3. The Labute approximate surface area is 227 Å². The Hall–Kier alpha value is -3.80. The summed E-state index contributed by atoms with van der Waals surface area (Å²) >= 11 is 1.39. The topological polar surface area (TPSA) is 105 Å². The van der Waals surface area contributed by atoms with E-state index in [0.29, 0.717) is 17.2 Å². The van der Waals surface area contributed by atoms with Crippen LogP contribution in [0.1, 0.15) is 65.1 Å². The zero-order valence-corrected chi connectivity index (χ0v) is 22.2. The van der Waals surface area contributed by atoms with Gasteiger partial charge in [0.1, 0.15) is 11.3 Å². The first-order valence-electron chi connectivity index (χ1n) is 12.7. The molecule has 1 aliphatic carbocycles. The zero-order valence-electron chi connectivity index (χ0n) is 21.3. The summed E-state index contributed by atoms with van der Waals surface area (Å²) in [5.74, 6) is -1.24. The minimum atomic E-state index is -1.23. The van der Waals surface area contributed by atoms with Gasteiger partial charge in [-0.1, -0.05) is 43.5 Å². The third-order valence-corrected chi connectivity index (χ3v) is 7.75. The number of carbonyl (C=O) groups excluding carboxylic acids is 1. The normalized spacial score (nSPS) is 13.7. The predicted octanol–water partition coefficient (Wildman–Crippen LogP) is 6.18. The number of nitriles is 1. The first-order chi connectivity index (χ1) is 18.3. The van der Waals surface area contributed by atoms with Crippen LogP contribution in [0, 0.1) is 11.3 Å². The highest BCUT2D eigenvalue weighted by Crippen LogP contribution is 2.33. The number of nitrogens with zero attached hydrogens (tertiary/aromatic N) is 3. The Bertz CT molecular complexity index is 1310. The summed E-state index contributed by atoms with van der Waals surface area (Å²) in [5.41, 5.74) is 3.05. The van der Waals surface area contributed by atoms with Crippen molar-refractivity contribution in [2.75, 3.05) is 18.5 Å². The predicted molar refractivity (Wildman–Crippen MR) is 148 cm³/mol. The Kier molecular flexibility index (Phi) is 9.06. The molecule has 2 N–H and O–H groups in total. The van der Waals surface area contributed by atoms with E-state index in [-0.39, 0.29) is 30.3 Å². The van der Waals surface area contributed by atoms with Gasteiger partial charge in [-0.25, -0.2) is 9.10 Å². The van der Waals surface area contributed by atoms with Gasteiger partial charge in [0.05, 0.1) is 24.7 Å². The Morgan fingerprint density at radius 2 is 1.68 bits per heavy atom. The van der Waals surface area contributed by atoms with Gasteiger partial charge in [0.2, 0.25) is 5.91 Å². The molecule has 0 unspecified atom stereocenters. The van der Waals surface area contributed by atoms with Crippen LogP contribution in [0.3, 0.4) is 0 Å². The average molecular weight is 530 g/mol. The molecule has 3 aromatic carbocycles. The molecule has 0 saturated heterocycles. The lowest BCUT2D eigenvalue weighted by Crippen LogP contribution is -2.36. The number of aromatic hydroxyl groups is 1. The van der Waals surface area contributed by atoms with E-state index in [4.69, 9.17) is 5.26 Å². The summed E-state index contributed by atoms with van der Waals surface area (Å²) in [5, 5.41) is 28.6. The minimum Gasteiger partial charge on any atom is -0.507 e. The molecule has 196 valence electrons. The van der Waals surface area contributed by atoms with Crippen LogP contribution in [0.25, 0.3) is 0 Å². The molecule has 3 aromatic rings. The molecule has 0 heterocycles. The highest BCUT2D eigenvalue weighted by atomic mass is 32.2. The summed E-state index contributed by atoms with van der Waals surface area (Å²) < 4.78 is 1.80. The standard InChI is InChI=1S/C30H31N3O4S/c1-32(38-26-14-9-21(18-31)10-15-26)20-29(35)33(25-13-16-27(30(36)37)28(34)17-25)19-22-7-11-24(12-8-22)23-5-3-2-4-6-23/h7-17,23,34H,2-6,19-20H2,1H3,(H,36,37). The number of likely N-dealkylation sites (N-methyl/N-ethyl adjacent to an activating group) is 1. The van der Waals surface area contributed by atoms with Gasteiger partial charge in [0.15, 0.2) is 0 Å². The largest absolute Gasteiger partial charge is 0.507 e. The van der Waals surface area contributed by atoms with Crippen molar-refractivity contribution in [2.24, 2.45) is 0 Å². The molecule has 0 bridgehead atoms. The van der Waals surface area contributed by atoms with Gasteiger partial charge in [-0.15, -0.1) is 0 Å². The molecule has 4 rings (SSSR count). The van der Waals surface area contributed by atoms with Crippen LogP contribution in [0.2, 0.25) is 0 Å². The Morgan fingerprint density at radius 3 is 2.29 bits per heavy atom. The van der Waals surface area contributed by atoms with Crippen LogP contribution in [-0.4, -0.2) is 40.0 Å². The highest BCUT2D eigenvalue weighted by molar-refractivity contribution is 7.97. The maximum Gasteiger partial charge on any atom is 0.339 e. The molecule has 0 spiro atoms. The molecule has 0 aromatic heterocycles. The van der Waals surface area contributed by atoms with Crippen LogP contribution in [0.4, 0.5) is 5.69 Å². The summed E-state index contributed by atoms with van der Waals surface area (Å²) in [4.78, 5) is 27.4. The van der Waals surface area contributed by atoms with E-state index >= 15 is 0 Å². The second-order valence-electron chi connectivity index (χ2n) is 9.58. The average Bonchev–Trinajstić information content (AvgIpc) is 2.92. The van der Waals surface area contributed by atoms with Crippen molar-refractivity contribution in [2.45, 2.75) is 49.5 Å². The van der Waals surface area contributed by atoms with Gasteiger partial charge in [0.25, 0.3) is 0 Å². The van der Waals surface area contributed by atoms with Crippen molar-refractivity contribution < 1.29 is 19.8 Å². The number of hydrogen-bond acceptors (Lipinski definition) is 6. The lowest BCUT2D eigenvalue weighted by molar-refractivity contribution is -0.118. The van der Waals surface area contributed by atoms with E-state index in [1.807, 2.05) is 31.3 Å². The Balaban J connectivity index is 1.53. The van der Waals surface area contributed by atoms with E-state index < -0.39 is 5.97 Å². The molecule has 8 heteroatoms. The number of anilines is 1. The highest BCUT2D eigenvalue weighted by Gasteiger charge is 2.22. The SMILES string of the molecule is CN(CC(=O)N(Cc1ccc(C2CCCCC2)cc1)c1ccc(C(=O)O)c(O)c1)Sc1ccc(C#N)cc1. The molecule has 38 heavy (non-hydrogen) atoms. The third kappa shape index (κ3) is 6.94. The quantitative estimate of drug-likeness (QED) is 0.319. The molecular formula is C30H31N3O4S. The van der Waals surface area contributed by atoms with Crippen molar-refractivity contribution in [3.8, 4) is 11.8 Å². The lowest BCUT2D eigenvalue weighted by Gasteiger charge is -2.26. The van der Waals surface area contributed by atoms with E-state index in [0.717, 1.165) is 10.5 Å². The van der Waals surface area contributed by atoms with E-state index in [9.17, 15) is 19.8 Å². The molecule has 1 fully saturated rings. The molecule has 1 saturated carbocycles. The van der Waals surface area contributed by atoms with Gasteiger partial charge in [0, 0.05) is 16.6 Å². The van der Waals surface area contributed by atoms with Crippen LogP contribution in [-0.2, 0) is 11.3 Å². The molecule has 1 amide bonds. The van der Waals surface area contributed by atoms with Gasteiger partial charge in [-0.3, -0.25) is 4.79 Å². The third-order valence-electron chi connectivity index (χ3n) is 6.82. The number of carbonyl (C=O) groups is 2. The van der Waals surface area contributed by atoms with Crippen molar-refractivity contribution >= 4 is 29.5 Å². The fourth-order valence-corrected chi connectivity index (χ4v) is 5.58. The monoisotopic (exact) mass is 529 g/mol. The number of amides is 1. The smallest absolute Gasteiger partial charge is 0.339 e. The number of carboxylic acid groups (broad SMARTS) is 1. The van der Waals surface area contributed by atoms with Crippen LogP contribution in [0.5, 0.6) is 5.75 Å². The van der Waals surface area contributed by atoms with Crippen LogP contribution in [0.15, 0.2) is 71.6 Å². The summed E-state index contributed by atoms with van der Waals surface area (Å²) in [6.45, 7) is 0.358. The molecule has 0 aliphatic heterocycles. The summed E-state index contributed by atoms with van der Waals surface area (Å²) in [6.07, 6.45) is 6.25. The fourth-order valence-electron chi connectivity index (χ4n) is 4.78. The number of rotatable bonds is 9. The fraction of sp³-hybridized carbons (Fsp3) is 0.300. The van der Waals surface area contributed by atoms with Gasteiger partial charge in [-0.2, -0.15) is 5.26 Å². The minimum absolute atomic E-state index is 0.0757. The van der Waals surface area contributed by atoms with Crippen molar-refractivity contribution in [1.29, 1.82) is 5.26 Å². The maximum atomic E-state index is 13.5. The van der Waals surface area contributed by atoms with Gasteiger partial charge in [-0.05, 0) is 85.3 Å². The zero-order chi connectivity index (χ0) is 27.1. The number of carboxylic acids is 1. The Morgan fingerprint density at radius 1 is 1.00 bits per heavy atom. The van der Waals surface area contributed by atoms with Crippen LogP contribution >= 0.6 is 11.9 Å². The van der Waals surface area contributed by atoms with Crippen LogP contribution < -0.4 is 4.90 Å². The second-order valence-corrected chi connectivity index (χ2v) is 10.9. The van der Waals surface area contributed by atoms with E-state index in [1.165, 1.54) is 61.7 Å². The van der Waals surface area contributed by atoms with E-state index in [2.05, 4.69) is 18.2 Å². The number of phenols is 1. The molecule has 0 atom stereocenters. The molecule has 0 radical (unpaired) electrons. The first-order valence-corrected chi connectivity index (χ1v) is 13.5. The van der Waals surface area contributed by atoms with Crippen molar-refractivity contribution in [3.63, 3.8) is 0 Å². The lowest BCUT2D eigenvalue weighted by atomic mass is 9.84. The second kappa shape index (κ2) is 12.6.